The molecular formula is C20H31IN4O. The fraction of sp³-hybridized carbons (Fsp3) is 0.500. The molecule has 6 heteroatoms. The van der Waals surface area contributed by atoms with Crippen LogP contribution in [0, 0.1) is 0 Å². The number of guanidine groups is 1. The van der Waals surface area contributed by atoms with Gasteiger partial charge >= 0.3 is 0 Å². The van der Waals surface area contributed by atoms with Gasteiger partial charge in [0.2, 0.25) is 0 Å². The molecule has 2 N–H and O–H groups in total. The molecule has 0 fully saturated rings. The van der Waals surface area contributed by atoms with E-state index in [0.29, 0.717) is 6.54 Å². The summed E-state index contributed by atoms with van der Waals surface area (Å²) < 4.78 is 5.59. The van der Waals surface area contributed by atoms with Crippen molar-refractivity contribution in [3.05, 3.63) is 42.1 Å². The Morgan fingerprint density at radius 1 is 1.08 bits per heavy atom. The Hall–Kier alpha value is -1.41. The zero-order valence-electron chi connectivity index (χ0n) is 15.8. The van der Waals surface area contributed by atoms with E-state index in [1.807, 2.05) is 30.5 Å². The van der Waals surface area contributed by atoms with Crippen LogP contribution in [0.5, 0.6) is 0 Å². The summed E-state index contributed by atoms with van der Waals surface area (Å²) in [6.45, 7) is 8.24. The van der Waals surface area contributed by atoms with E-state index in [2.05, 4.69) is 35.5 Å². The number of halogens is 1. The third kappa shape index (κ3) is 7.86. The first-order valence-electron chi connectivity index (χ1n) is 9.27. The average molecular weight is 470 g/mol. The monoisotopic (exact) mass is 470 g/mol. The molecule has 0 bridgehead atoms. The fourth-order valence-corrected chi connectivity index (χ4v) is 2.53. The minimum atomic E-state index is 0. The number of hydrogen-bond acceptors (Lipinski definition) is 3. The minimum absolute atomic E-state index is 0. The van der Waals surface area contributed by atoms with Crippen LogP contribution in [0.4, 0.5) is 0 Å². The van der Waals surface area contributed by atoms with Crippen molar-refractivity contribution < 1.29 is 4.74 Å². The number of benzene rings is 1. The molecule has 0 unspecified atom stereocenters. The standard InChI is InChI=1S/C20H30N4O.HI/c1-3-5-14-25-15-8-12-23-20(21-4-2)24-16-17-11-13-22-19-10-7-6-9-18(17)19;/h6-7,9-11,13H,3-5,8,12,14-16H2,1-2H3,(H2,21,23,24);1H. The van der Waals surface area contributed by atoms with Crippen molar-refractivity contribution in [1.29, 1.82) is 0 Å². The van der Waals surface area contributed by atoms with Gasteiger partial charge in [-0.1, -0.05) is 31.5 Å². The normalized spacial score (nSPS) is 11.2. The second-order valence-electron chi connectivity index (χ2n) is 5.93. The molecule has 1 heterocycles. The summed E-state index contributed by atoms with van der Waals surface area (Å²) in [5.74, 6) is 0.844. The average Bonchev–Trinajstić information content (AvgIpc) is 2.65. The van der Waals surface area contributed by atoms with Gasteiger partial charge in [-0.05, 0) is 37.5 Å². The molecule has 0 spiro atoms. The Bertz CT molecular complexity index is 658. The van der Waals surface area contributed by atoms with Crippen LogP contribution in [0.1, 0.15) is 38.7 Å². The van der Waals surface area contributed by atoms with Gasteiger partial charge in [-0.25, -0.2) is 4.99 Å². The van der Waals surface area contributed by atoms with Gasteiger partial charge in [0.05, 0.1) is 12.1 Å². The molecule has 1 aromatic heterocycles. The predicted octanol–water partition coefficient (Wildman–Crippen LogP) is 4.11. The summed E-state index contributed by atoms with van der Waals surface area (Å²) in [6, 6.07) is 10.2. The topological polar surface area (TPSA) is 58.5 Å². The zero-order chi connectivity index (χ0) is 17.7. The van der Waals surface area contributed by atoms with Crippen molar-refractivity contribution in [3.8, 4) is 0 Å². The van der Waals surface area contributed by atoms with Crippen molar-refractivity contribution in [2.45, 2.75) is 39.7 Å². The number of rotatable bonds is 10. The predicted molar refractivity (Wildman–Crippen MR) is 120 cm³/mol. The summed E-state index contributed by atoms with van der Waals surface area (Å²) >= 11 is 0. The molecule has 5 nitrogen and oxygen atoms in total. The third-order valence-corrected chi connectivity index (χ3v) is 3.89. The van der Waals surface area contributed by atoms with Gasteiger partial charge in [0, 0.05) is 37.9 Å². The maximum absolute atomic E-state index is 5.59. The maximum Gasteiger partial charge on any atom is 0.191 e. The Morgan fingerprint density at radius 2 is 1.88 bits per heavy atom. The lowest BCUT2D eigenvalue weighted by Crippen LogP contribution is -2.38. The second kappa shape index (κ2) is 13.7. The Kier molecular flexibility index (Phi) is 12.0. The van der Waals surface area contributed by atoms with E-state index in [-0.39, 0.29) is 24.0 Å². The zero-order valence-corrected chi connectivity index (χ0v) is 18.2. The van der Waals surface area contributed by atoms with Crippen LogP contribution < -0.4 is 10.6 Å². The van der Waals surface area contributed by atoms with Gasteiger partial charge in [0.25, 0.3) is 0 Å². The first-order valence-corrected chi connectivity index (χ1v) is 9.27. The highest BCUT2D eigenvalue weighted by Crippen LogP contribution is 2.16. The molecule has 0 saturated heterocycles. The number of aromatic nitrogens is 1. The molecular weight excluding hydrogens is 439 g/mol. The van der Waals surface area contributed by atoms with E-state index in [0.717, 1.165) is 56.0 Å². The van der Waals surface area contributed by atoms with Crippen LogP contribution in [0.25, 0.3) is 10.9 Å². The van der Waals surface area contributed by atoms with Crippen LogP contribution in [-0.2, 0) is 11.3 Å². The number of para-hydroxylation sites is 1. The summed E-state index contributed by atoms with van der Waals surface area (Å²) in [5.41, 5.74) is 2.20. The largest absolute Gasteiger partial charge is 0.381 e. The number of nitrogens with one attached hydrogen (secondary N) is 2. The Morgan fingerprint density at radius 3 is 2.69 bits per heavy atom. The van der Waals surface area contributed by atoms with Crippen LogP contribution in [0.15, 0.2) is 41.5 Å². The number of aliphatic imine (C=N–C) groups is 1. The van der Waals surface area contributed by atoms with Gasteiger partial charge in [-0.3, -0.25) is 4.98 Å². The minimum Gasteiger partial charge on any atom is -0.381 e. The van der Waals surface area contributed by atoms with E-state index in [9.17, 15) is 0 Å². The quantitative estimate of drug-likeness (QED) is 0.238. The Balaban J connectivity index is 0.00000338. The van der Waals surface area contributed by atoms with E-state index in [4.69, 9.17) is 9.73 Å². The van der Waals surface area contributed by atoms with Crippen LogP contribution in [0.3, 0.4) is 0 Å². The van der Waals surface area contributed by atoms with E-state index in [1.165, 1.54) is 12.0 Å². The lowest BCUT2D eigenvalue weighted by atomic mass is 10.1. The Labute approximate surface area is 174 Å². The van der Waals surface area contributed by atoms with E-state index >= 15 is 0 Å². The van der Waals surface area contributed by atoms with Gasteiger partial charge < -0.3 is 15.4 Å². The molecule has 2 rings (SSSR count). The number of nitrogens with zero attached hydrogens (tertiary/aromatic N) is 2. The lowest BCUT2D eigenvalue weighted by Gasteiger charge is -2.12. The summed E-state index contributed by atoms with van der Waals surface area (Å²) in [7, 11) is 0. The number of unbranched alkanes of at least 4 members (excludes halogenated alkanes) is 1. The molecule has 0 aliphatic carbocycles. The second-order valence-corrected chi connectivity index (χ2v) is 5.93. The molecule has 2 aromatic rings. The smallest absolute Gasteiger partial charge is 0.191 e. The summed E-state index contributed by atoms with van der Waals surface area (Å²) in [4.78, 5) is 9.11. The molecule has 0 saturated carbocycles. The third-order valence-electron chi connectivity index (χ3n) is 3.89. The molecule has 0 amide bonds. The van der Waals surface area contributed by atoms with Crippen LogP contribution in [0.2, 0.25) is 0 Å². The SMILES string of the molecule is CCCCOCCCNC(=NCc1ccnc2ccccc12)NCC.I. The fourth-order valence-electron chi connectivity index (χ4n) is 2.53. The highest BCUT2D eigenvalue weighted by molar-refractivity contribution is 14.0. The van der Waals surface area contributed by atoms with Crippen LogP contribution in [-0.4, -0.2) is 37.2 Å². The van der Waals surface area contributed by atoms with Crippen molar-refractivity contribution >= 4 is 40.8 Å². The molecule has 0 radical (unpaired) electrons. The number of fused-ring (bicyclic) bond motifs is 1. The first-order chi connectivity index (χ1) is 12.3. The van der Waals surface area contributed by atoms with Gasteiger partial charge in [-0.15, -0.1) is 24.0 Å². The van der Waals surface area contributed by atoms with Crippen molar-refractivity contribution in [2.24, 2.45) is 4.99 Å². The number of hydrogen-bond donors (Lipinski definition) is 2. The van der Waals surface area contributed by atoms with Crippen LogP contribution >= 0.6 is 24.0 Å². The van der Waals surface area contributed by atoms with E-state index < -0.39 is 0 Å². The molecule has 1 aromatic carbocycles. The first kappa shape index (κ1) is 22.6. The molecule has 144 valence electrons. The van der Waals surface area contributed by atoms with Gasteiger partial charge in [0.15, 0.2) is 5.96 Å². The molecule has 0 aliphatic heterocycles. The number of ether oxygens (including phenoxy) is 1. The van der Waals surface area contributed by atoms with Crippen molar-refractivity contribution in [1.82, 2.24) is 15.6 Å². The summed E-state index contributed by atoms with van der Waals surface area (Å²) in [5, 5.41) is 7.83. The van der Waals surface area contributed by atoms with E-state index in [1.54, 1.807) is 0 Å². The maximum atomic E-state index is 5.59. The number of pyridine rings is 1. The van der Waals surface area contributed by atoms with Crippen molar-refractivity contribution in [3.63, 3.8) is 0 Å². The van der Waals surface area contributed by atoms with Gasteiger partial charge in [0.1, 0.15) is 0 Å². The molecule has 0 aliphatic rings. The highest BCUT2D eigenvalue weighted by atomic mass is 127. The molecule has 0 atom stereocenters. The highest BCUT2D eigenvalue weighted by Gasteiger charge is 2.02. The van der Waals surface area contributed by atoms with Gasteiger partial charge in [-0.2, -0.15) is 0 Å². The lowest BCUT2D eigenvalue weighted by molar-refractivity contribution is 0.129. The summed E-state index contributed by atoms with van der Waals surface area (Å²) in [6.07, 6.45) is 5.14. The van der Waals surface area contributed by atoms with Crippen molar-refractivity contribution in [2.75, 3.05) is 26.3 Å². The molecule has 26 heavy (non-hydrogen) atoms.